The Kier molecular flexibility index (Phi) is 3.80. The second-order valence-electron chi connectivity index (χ2n) is 4.80. The Morgan fingerprint density at radius 3 is 2.10 bits per heavy atom. The summed E-state index contributed by atoms with van der Waals surface area (Å²) in [4.78, 5) is 11.6. The van der Waals surface area contributed by atoms with Crippen LogP contribution in [0.1, 0.15) is 34.1 Å². The number of hydrogen-bond donors (Lipinski definition) is 0. The number of aromatic nitrogens is 2. The van der Waals surface area contributed by atoms with Crippen molar-refractivity contribution in [3.05, 3.63) is 46.6 Å². The number of aryl methyl sites for hydroxylation is 2. The lowest BCUT2D eigenvalue weighted by atomic mass is 9.97. The van der Waals surface area contributed by atoms with Gasteiger partial charge in [0.1, 0.15) is 5.69 Å². The summed E-state index contributed by atoms with van der Waals surface area (Å²) in [6, 6.07) is 6.44. The van der Waals surface area contributed by atoms with Crippen molar-refractivity contribution >= 4 is 5.78 Å². The zero-order valence-corrected chi connectivity index (χ0v) is 11.7. The molecule has 0 spiro atoms. The number of carbonyl (C=O) groups excluding carboxylic acids is 1. The van der Waals surface area contributed by atoms with Gasteiger partial charge in [-0.2, -0.15) is 18.3 Å². The van der Waals surface area contributed by atoms with Gasteiger partial charge in [-0.1, -0.05) is 29.8 Å². The van der Waals surface area contributed by atoms with E-state index in [0.29, 0.717) is 0 Å². The zero-order chi connectivity index (χ0) is 15.8. The van der Waals surface area contributed by atoms with Crippen molar-refractivity contribution in [3.8, 4) is 11.3 Å². The third-order valence-corrected chi connectivity index (χ3v) is 3.11. The van der Waals surface area contributed by atoms with Crippen LogP contribution in [0.3, 0.4) is 0 Å². The molecule has 0 unspecified atom stereocenters. The van der Waals surface area contributed by atoms with Gasteiger partial charge in [-0.3, -0.25) is 4.79 Å². The number of nitrogens with zero attached hydrogens (tertiary/aromatic N) is 2. The molecule has 0 radical (unpaired) electrons. The fraction of sp³-hybridized carbons (Fsp3) is 0.267. The first kappa shape index (κ1) is 15.2. The molecule has 0 atom stereocenters. The van der Waals surface area contributed by atoms with E-state index >= 15 is 0 Å². The van der Waals surface area contributed by atoms with E-state index in [4.69, 9.17) is 0 Å². The Labute approximate surface area is 119 Å². The van der Waals surface area contributed by atoms with E-state index in [1.807, 2.05) is 6.92 Å². The van der Waals surface area contributed by atoms with E-state index in [1.165, 1.54) is 19.1 Å². The number of hydrogen-bond acceptors (Lipinski definition) is 3. The number of alkyl halides is 3. The number of Topliss-reactive ketones (excluding diaryl/α,β-unsaturated/α-hetero) is 1. The summed E-state index contributed by atoms with van der Waals surface area (Å²) in [7, 11) is 0. The van der Waals surface area contributed by atoms with Crippen LogP contribution in [0.15, 0.2) is 24.3 Å². The van der Waals surface area contributed by atoms with Crippen molar-refractivity contribution in [2.45, 2.75) is 26.9 Å². The molecule has 0 fully saturated rings. The summed E-state index contributed by atoms with van der Waals surface area (Å²) in [6.45, 7) is 4.27. The number of ketones is 1. The summed E-state index contributed by atoms with van der Waals surface area (Å²) in [5.74, 6) is -0.678. The molecule has 1 aromatic carbocycles. The lowest BCUT2D eigenvalue weighted by molar-refractivity contribution is -0.137. The molecule has 0 aliphatic carbocycles. The average Bonchev–Trinajstić information content (AvgIpc) is 2.38. The second-order valence-corrected chi connectivity index (χ2v) is 4.80. The molecule has 2 aromatic rings. The fourth-order valence-electron chi connectivity index (χ4n) is 2.14. The van der Waals surface area contributed by atoms with E-state index in [0.717, 1.165) is 12.5 Å². The van der Waals surface area contributed by atoms with Crippen LogP contribution in [0.2, 0.25) is 0 Å². The first-order valence-corrected chi connectivity index (χ1v) is 6.24. The average molecular weight is 294 g/mol. The second kappa shape index (κ2) is 5.27. The van der Waals surface area contributed by atoms with E-state index in [9.17, 15) is 18.0 Å². The molecule has 0 saturated heterocycles. The summed E-state index contributed by atoms with van der Waals surface area (Å²) >= 11 is 0. The van der Waals surface area contributed by atoms with Crippen molar-refractivity contribution in [2.24, 2.45) is 0 Å². The molecule has 2 rings (SSSR count). The Morgan fingerprint density at radius 2 is 1.62 bits per heavy atom. The molecule has 0 aliphatic rings. The molecule has 0 amide bonds. The van der Waals surface area contributed by atoms with Gasteiger partial charge in [0.25, 0.3) is 0 Å². The third-order valence-electron chi connectivity index (χ3n) is 3.11. The molecular weight excluding hydrogens is 281 g/mol. The summed E-state index contributed by atoms with van der Waals surface area (Å²) < 4.78 is 40.2. The maximum Gasteiger partial charge on any atom is 0.419 e. The van der Waals surface area contributed by atoms with Crippen molar-refractivity contribution in [1.29, 1.82) is 0 Å². The maximum absolute atomic E-state index is 13.4. The highest BCUT2D eigenvalue weighted by Gasteiger charge is 2.39. The highest BCUT2D eigenvalue weighted by Crippen LogP contribution is 2.39. The highest BCUT2D eigenvalue weighted by molar-refractivity contribution is 5.98. The minimum atomic E-state index is -4.68. The molecule has 0 N–H and O–H groups in total. The Hall–Kier alpha value is -2.24. The Morgan fingerprint density at radius 1 is 1.05 bits per heavy atom. The van der Waals surface area contributed by atoms with Gasteiger partial charge >= 0.3 is 6.18 Å². The van der Waals surface area contributed by atoms with Crippen LogP contribution in [0.25, 0.3) is 11.3 Å². The van der Waals surface area contributed by atoms with Crippen molar-refractivity contribution in [3.63, 3.8) is 0 Å². The molecular formula is C15H13F3N2O. The number of carbonyl (C=O) groups is 1. The van der Waals surface area contributed by atoms with Gasteiger partial charge in [-0.25, -0.2) is 0 Å². The smallest absolute Gasteiger partial charge is 0.294 e. The van der Waals surface area contributed by atoms with Crippen molar-refractivity contribution in [1.82, 2.24) is 10.2 Å². The first-order valence-electron chi connectivity index (χ1n) is 6.24. The van der Waals surface area contributed by atoms with Crippen molar-refractivity contribution < 1.29 is 18.0 Å². The lowest BCUT2D eigenvalue weighted by Gasteiger charge is -2.16. The van der Waals surface area contributed by atoms with E-state index in [1.54, 1.807) is 12.1 Å². The minimum Gasteiger partial charge on any atom is -0.294 e. The van der Waals surface area contributed by atoms with Gasteiger partial charge in [0.05, 0.1) is 16.8 Å². The molecule has 0 saturated carbocycles. The summed E-state index contributed by atoms with van der Waals surface area (Å²) in [6.07, 6.45) is -4.68. The molecule has 0 aliphatic heterocycles. The van der Waals surface area contributed by atoms with Gasteiger partial charge in [0.2, 0.25) is 0 Å². The molecule has 6 heteroatoms. The van der Waals surface area contributed by atoms with Crippen molar-refractivity contribution in [2.75, 3.05) is 0 Å². The van der Waals surface area contributed by atoms with Gasteiger partial charge in [-0.05, 0) is 20.8 Å². The van der Waals surface area contributed by atoms with Crippen LogP contribution in [0.4, 0.5) is 13.2 Å². The van der Waals surface area contributed by atoms with Crippen LogP contribution in [-0.2, 0) is 6.18 Å². The standard InChI is InChI=1S/C15H13F3N2O/c1-8-4-6-11(7-5-8)14-13(15(16,17)18)12(10(3)21)9(2)19-20-14/h4-7H,1-3H3. The van der Waals surface area contributed by atoms with E-state index in [-0.39, 0.29) is 17.0 Å². The quantitative estimate of drug-likeness (QED) is 0.787. The SMILES string of the molecule is CC(=O)c1c(C)nnc(-c2ccc(C)cc2)c1C(F)(F)F. The number of halogens is 3. The van der Waals surface area contributed by atoms with Crippen LogP contribution in [0.5, 0.6) is 0 Å². The van der Waals surface area contributed by atoms with Gasteiger partial charge in [0, 0.05) is 5.56 Å². The molecule has 21 heavy (non-hydrogen) atoms. The third kappa shape index (κ3) is 2.94. The molecule has 0 bridgehead atoms. The molecule has 110 valence electrons. The van der Waals surface area contributed by atoms with Gasteiger partial charge < -0.3 is 0 Å². The van der Waals surface area contributed by atoms with Gasteiger partial charge in [-0.15, -0.1) is 5.10 Å². The number of rotatable bonds is 2. The Bertz CT molecular complexity index is 691. The van der Waals surface area contributed by atoms with Crippen LogP contribution < -0.4 is 0 Å². The largest absolute Gasteiger partial charge is 0.419 e. The Balaban J connectivity index is 2.81. The van der Waals surface area contributed by atoms with E-state index in [2.05, 4.69) is 10.2 Å². The highest BCUT2D eigenvalue weighted by atomic mass is 19.4. The van der Waals surface area contributed by atoms with Crippen LogP contribution in [-0.4, -0.2) is 16.0 Å². The summed E-state index contributed by atoms with van der Waals surface area (Å²) in [5.41, 5.74) is -0.592. The van der Waals surface area contributed by atoms with E-state index < -0.39 is 23.1 Å². The lowest BCUT2D eigenvalue weighted by Crippen LogP contribution is -2.17. The predicted octanol–water partition coefficient (Wildman–Crippen LogP) is 3.98. The maximum atomic E-state index is 13.4. The van der Waals surface area contributed by atoms with Crippen LogP contribution in [0, 0.1) is 13.8 Å². The molecule has 3 nitrogen and oxygen atoms in total. The monoisotopic (exact) mass is 294 g/mol. The number of benzene rings is 1. The molecule has 1 aromatic heterocycles. The predicted molar refractivity (Wildman–Crippen MR) is 71.9 cm³/mol. The zero-order valence-electron chi connectivity index (χ0n) is 11.7. The topological polar surface area (TPSA) is 42.9 Å². The molecule has 1 heterocycles. The summed E-state index contributed by atoms with van der Waals surface area (Å²) in [5, 5.41) is 7.37. The fourth-order valence-corrected chi connectivity index (χ4v) is 2.14. The van der Waals surface area contributed by atoms with Gasteiger partial charge in [0.15, 0.2) is 5.78 Å². The minimum absolute atomic E-state index is 0.0225. The van der Waals surface area contributed by atoms with Crippen LogP contribution >= 0.6 is 0 Å². The first-order chi connectivity index (χ1) is 9.71. The normalized spacial score (nSPS) is 11.5.